The van der Waals surface area contributed by atoms with E-state index in [1.807, 2.05) is 6.07 Å². The van der Waals surface area contributed by atoms with Crippen LogP contribution in [0.5, 0.6) is 0 Å². The molecule has 0 saturated heterocycles. The van der Waals surface area contributed by atoms with Gasteiger partial charge in [-0.25, -0.2) is 13.4 Å². The van der Waals surface area contributed by atoms with E-state index in [1.54, 1.807) is 35.5 Å². The number of fused-ring (bicyclic) bond motifs is 1. The van der Waals surface area contributed by atoms with Gasteiger partial charge in [-0.2, -0.15) is 0 Å². The first-order chi connectivity index (χ1) is 9.15. The number of anilines is 1. The predicted molar refractivity (Wildman–Crippen MR) is 78.4 cm³/mol. The van der Waals surface area contributed by atoms with Crippen LogP contribution in [0.4, 0.5) is 5.13 Å². The van der Waals surface area contributed by atoms with Gasteiger partial charge in [0.15, 0.2) is 5.13 Å². The van der Waals surface area contributed by atoms with Gasteiger partial charge in [0.05, 0.1) is 4.90 Å². The van der Waals surface area contributed by atoms with Gasteiger partial charge in [0.25, 0.3) is 10.0 Å². The minimum atomic E-state index is -3.53. The SMILES string of the molecule is O=S(=O)(Nc1nccs1)c1ccc2c(c1)CCCS2. The smallest absolute Gasteiger partial charge is 0.255 e. The Bertz CT molecular complexity index is 681. The van der Waals surface area contributed by atoms with Crippen molar-refractivity contribution >= 4 is 38.3 Å². The first-order valence-electron chi connectivity index (χ1n) is 5.83. The normalized spacial score (nSPS) is 14.9. The van der Waals surface area contributed by atoms with E-state index in [4.69, 9.17) is 0 Å². The number of hydrogen-bond donors (Lipinski definition) is 1. The summed E-state index contributed by atoms with van der Waals surface area (Å²) in [4.78, 5) is 5.44. The maximum atomic E-state index is 12.2. The second-order valence-corrected chi connectivity index (χ2v) is 7.88. The molecule has 19 heavy (non-hydrogen) atoms. The zero-order valence-electron chi connectivity index (χ0n) is 10.00. The Kier molecular flexibility index (Phi) is 3.51. The van der Waals surface area contributed by atoms with Crippen LogP contribution in [0.25, 0.3) is 0 Å². The first-order valence-corrected chi connectivity index (χ1v) is 9.18. The largest absolute Gasteiger partial charge is 0.263 e. The van der Waals surface area contributed by atoms with Crippen molar-refractivity contribution in [2.45, 2.75) is 22.6 Å². The van der Waals surface area contributed by atoms with Crippen LogP contribution in [-0.4, -0.2) is 19.2 Å². The van der Waals surface area contributed by atoms with Crippen LogP contribution in [-0.2, 0) is 16.4 Å². The van der Waals surface area contributed by atoms with Gasteiger partial charge in [-0.1, -0.05) is 0 Å². The van der Waals surface area contributed by atoms with Crippen LogP contribution in [0.3, 0.4) is 0 Å². The van der Waals surface area contributed by atoms with Gasteiger partial charge in [-0.05, 0) is 42.4 Å². The number of hydrogen-bond acceptors (Lipinski definition) is 5. The zero-order chi connectivity index (χ0) is 13.3. The molecule has 0 radical (unpaired) electrons. The Balaban J connectivity index is 1.93. The Morgan fingerprint density at radius 2 is 2.21 bits per heavy atom. The summed E-state index contributed by atoms with van der Waals surface area (Å²) in [5.74, 6) is 1.11. The number of benzene rings is 1. The number of aromatic nitrogens is 1. The molecule has 1 aromatic carbocycles. The summed E-state index contributed by atoms with van der Waals surface area (Å²) in [6.45, 7) is 0. The van der Waals surface area contributed by atoms with Gasteiger partial charge in [-0.3, -0.25) is 4.72 Å². The van der Waals surface area contributed by atoms with Gasteiger partial charge in [-0.15, -0.1) is 23.1 Å². The average Bonchev–Trinajstić information content (AvgIpc) is 2.90. The molecule has 7 heteroatoms. The number of rotatable bonds is 3. The number of sulfonamides is 1. The zero-order valence-corrected chi connectivity index (χ0v) is 12.4. The highest BCUT2D eigenvalue weighted by atomic mass is 32.2. The Morgan fingerprint density at radius 3 is 3.00 bits per heavy atom. The van der Waals surface area contributed by atoms with Gasteiger partial charge in [0.1, 0.15) is 0 Å². The highest BCUT2D eigenvalue weighted by Gasteiger charge is 2.18. The summed E-state index contributed by atoms with van der Waals surface area (Å²) in [5.41, 5.74) is 1.12. The van der Waals surface area contributed by atoms with E-state index in [-0.39, 0.29) is 0 Å². The average molecular weight is 312 g/mol. The van der Waals surface area contributed by atoms with E-state index in [9.17, 15) is 8.42 Å². The van der Waals surface area contributed by atoms with Crippen molar-refractivity contribution in [3.63, 3.8) is 0 Å². The quantitative estimate of drug-likeness (QED) is 0.946. The highest BCUT2D eigenvalue weighted by Crippen LogP contribution is 2.31. The molecule has 0 saturated carbocycles. The fraction of sp³-hybridized carbons (Fsp3) is 0.250. The van der Waals surface area contributed by atoms with Crippen molar-refractivity contribution in [2.24, 2.45) is 0 Å². The summed E-state index contributed by atoms with van der Waals surface area (Å²) in [6.07, 6.45) is 3.62. The van der Waals surface area contributed by atoms with Gasteiger partial charge in [0, 0.05) is 16.5 Å². The fourth-order valence-corrected chi connectivity index (χ4v) is 4.81. The molecule has 1 aromatic heterocycles. The van der Waals surface area contributed by atoms with Gasteiger partial charge >= 0.3 is 0 Å². The van der Waals surface area contributed by atoms with Crippen molar-refractivity contribution < 1.29 is 8.42 Å². The molecule has 0 aliphatic carbocycles. The van der Waals surface area contributed by atoms with Crippen molar-refractivity contribution in [2.75, 3.05) is 10.5 Å². The molecule has 2 aromatic rings. The van der Waals surface area contributed by atoms with Crippen LogP contribution in [0.1, 0.15) is 12.0 Å². The molecule has 0 amide bonds. The van der Waals surface area contributed by atoms with Crippen molar-refractivity contribution in [1.82, 2.24) is 4.98 Å². The molecule has 1 N–H and O–H groups in total. The number of aryl methyl sites for hydroxylation is 1. The monoisotopic (exact) mass is 312 g/mol. The molecule has 0 spiro atoms. The Hall–Kier alpha value is -1.05. The lowest BCUT2D eigenvalue weighted by Gasteiger charge is -2.16. The first kappa shape index (κ1) is 13.0. The molecule has 2 heterocycles. The van der Waals surface area contributed by atoms with E-state index < -0.39 is 10.0 Å². The Labute approximate surface area is 120 Å². The van der Waals surface area contributed by atoms with Crippen LogP contribution < -0.4 is 4.72 Å². The molecule has 1 aliphatic heterocycles. The topological polar surface area (TPSA) is 59.1 Å². The van der Waals surface area contributed by atoms with E-state index >= 15 is 0 Å². The van der Waals surface area contributed by atoms with Crippen molar-refractivity contribution in [3.8, 4) is 0 Å². The van der Waals surface area contributed by atoms with Crippen molar-refractivity contribution in [3.05, 3.63) is 35.3 Å². The number of thioether (sulfide) groups is 1. The molecule has 0 unspecified atom stereocenters. The molecule has 3 rings (SSSR count). The van der Waals surface area contributed by atoms with Crippen LogP contribution >= 0.6 is 23.1 Å². The summed E-state index contributed by atoms with van der Waals surface area (Å²) >= 11 is 3.06. The van der Waals surface area contributed by atoms with Gasteiger partial charge < -0.3 is 0 Å². The minimum absolute atomic E-state index is 0.309. The third-order valence-corrected chi connectivity index (χ3v) is 6.20. The molecular formula is C12H12N2O2S3. The van der Waals surface area contributed by atoms with Gasteiger partial charge in [0.2, 0.25) is 0 Å². The lowest BCUT2D eigenvalue weighted by Crippen LogP contribution is -2.13. The summed E-state index contributed by atoms with van der Waals surface area (Å²) in [7, 11) is -3.53. The lowest BCUT2D eigenvalue weighted by molar-refractivity contribution is 0.601. The van der Waals surface area contributed by atoms with Crippen LogP contribution in [0.15, 0.2) is 39.6 Å². The number of nitrogens with zero attached hydrogens (tertiary/aromatic N) is 1. The molecule has 0 fully saturated rings. The minimum Gasteiger partial charge on any atom is -0.255 e. The van der Waals surface area contributed by atoms with E-state index in [0.717, 1.165) is 24.2 Å². The molecule has 100 valence electrons. The second-order valence-electron chi connectivity index (χ2n) is 4.16. The highest BCUT2D eigenvalue weighted by molar-refractivity contribution is 7.99. The van der Waals surface area contributed by atoms with Crippen molar-refractivity contribution in [1.29, 1.82) is 0 Å². The fourth-order valence-electron chi connectivity index (χ4n) is 1.95. The standard InChI is InChI=1S/C12H12N2O2S3/c15-19(16,14-12-13-5-7-18-12)10-3-4-11-9(8-10)2-1-6-17-11/h3-5,7-8H,1-2,6H2,(H,13,14). The lowest BCUT2D eigenvalue weighted by atomic mass is 10.1. The van der Waals surface area contributed by atoms with Crippen LogP contribution in [0, 0.1) is 0 Å². The third-order valence-electron chi connectivity index (χ3n) is 2.84. The third kappa shape index (κ3) is 2.77. The molecule has 0 bridgehead atoms. The predicted octanol–water partition coefficient (Wildman–Crippen LogP) is 2.98. The van der Waals surface area contributed by atoms with E-state index in [1.165, 1.54) is 16.2 Å². The number of nitrogens with one attached hydrogen (secondary N) is 1. The Morgan fingerprint density at radius 1 is 1.32 bits per heavy atom. The van der Waals surface area contributed by atoms with E-state index in [2.05, 4.69) is 9.71 Å². The molecule has 4 nitrogen and oxygen atoms in total. The van der Waals surface area contributed by atoms with E-state index in [0.29, 0.717) is 10.0 Å². The molecule has 1 aliphatic rings. The molecule has 0 atom stereocenters. The number of thiazole rings is 1. The van der Waals surface area contributed by atoms with Crippen LogP contribution in [0.2, 0.25) is 0 Å². The maximum absolute atomic E-state index is 12.2. The summed E-state index contributed by atoms with van der Waals surface area (Å²) < 4.78 is 27.0. The maximum Gasteiger partial charge on any atom is 0.263 e. The summed E-state index contributed by atoms with van der Waals surface area (Å²) in [5, 5.41) is 2.13. The molecular weight excluding hydrogens is 300 g/mol. The summed E-state index contributed by atoms with van der Waals surface area (Å²) in [6, 6.07) is 5.33. The second kappa shape index (κ2) is 5.15.